The van der Waals surface area contributed by atoms with Crippen molar-refractivity contribution in [3.05, 3.63) is 64.3 Å². The predicted molar refractivity (Wildman–Crippen MR) is 82.3 cm³/mol. The van der Waals surface area contributed by atoms with Gasteiger partial charge in [-0.2, -0.15) is 0 Å². The lowest BCUT2D eigenvalue weighted by Gasteiger charge is -2.19. The van der Waals surface area contributed by atoms with Crippen molar-refractivity contribution >= 4 is 35.4 Å². The summed E-state index contributed by atoms with van der Waals surface area (Å²) >= 11 is 1.25. The molecule has 1 amide bonds. The second-order valence-electron chi connectivity index (χ2n) is 4.63. The zero-order valence-electron chi connectivity index (χ0n) is 11.2. The van der Waals surface area contributed by atoms with Gasteiger partial charge in [-0.3, -0.25) is 4.79 Å². The summed E-state index contributed by atoms with van der Waals surface area (Å²) in [6, 6.07) is 10.4. The molecule has 1 aliphatic rings. The van der Waals surface area contributed by atoms with Gasteiger partial charge in [0.1, 0.15) is 5.82 Å². The van der Waals surface area contributed by atoms with Crippen molar-refractivity contribution in [2.24, 2.45) is 0 Å². The molecule has 0 radical (unpaired) electrons. The maximum atomic E-state index is 12.9. The van der Waals surface area contributed by atoms with E-state index >= 15 is 0 Å². The molecule has 0 spiro atoms. The number of anilines is 1. The minimum absolute atomic E-state index is 0.116. The molecule has 22 heavy (non-hydrogen) atoms. The first kappa shape index (κ1) is 14.3. The van der Waals surface area contributed by atoms with E-state index in [-0.39, 0.29) is 17.3 Å². The molecule has 3 rings (SSSR count). The van der Waals surface area contributed by atoms with Crippen molar-refractivity contribution in [3.63, 3.8) is 0 Å². The van der Waals surface area contributed by atoms with Crippen LogP contribution in [0.2, 0.25) is 0 Å². The first-order chi connectivity index (χ1) is 10.5. The van der Waals surface area contributed by atoms with Gasteiger partial charge in [0.25, 0.3) is 5.91 Å². The van der Waals surface area contributed by atoms with E-state index in [9.17, 15) is 14.0 Å². The zero-order valence-corrected chi connectivity index (χ0v) is 12.0. The Labute approximate surface area is 129 Å². The van der Waals surface area contributed by atoms with Gasteiger partial charge in [-0.25, -0.2) is 9.18 Å². The fraction of sp³-hybridized carbons (Fsp3) is 0. The molecule has 0 saturated heterocycles. The highest BCUT2D eigenvalue weighted by Crippen LogP contribution is 2.39. The molecule has 0 atom stereocenters. The predicted octanol–water partition coefficient (Wildman–Crippen LogP) is 3.61. The van der Waals surface area contributed by atoms with E-state index in [1.54, 1.807) is 24.3 Å². The van der Waals surface area contributed by atoms with Crippen molar-refractivity contribution < 1.29 is 19.1 Å². The van der Waals surface area contributed by atoms with Crippen LogP contribution in [0.4, 0.5) is 10.1 Å². The second-order valence-corrected chi connectivity index (χ2v) is 5.72. The van der Waals surface area contributed by atoms with Crippen molar-refractivity contribution in [2.75, 3.05) is 5.32 Å². The van der Waals surface area contributed by atoms with Crippen LogP contribution in [0.1, 0.15) is 15.9 Å². The van der Waals surface area contributed by atoms with E-state index in [0.29, 0.717) is 16.2 Å². The Morgan fingerprint density at radius 3 is 2.59 bits per heavy atom. The van der Waals surface area contributed by atoms with Gasteiger partial charge in [0, 0.05) is 4.90 Å². The lowest BCUT2D eigenvalue weighted by molar-refractivity contribution is -0.112. The number of thioether (sulfide) groups is 1. The van der Waals surface area contributed by atoms with Crippen molar-refractivity contribution in [1.82, 2.24) is 0 Å². The van der Waals surface area contributed by atoms with Crippen LogP contribution < -0.4 is 5.32 Å². The molecule has 0 fully saturated rings. The lowest BCUT2D eigenvalue weighted by atomic mass is 10.2. The number of amides is 1. The summed E-state index contributed by atoms with van der Waals surface area (Å²) in [5.74, 6) is -1.70. The van der Waals surface area contributed by atoms with E-state index in [0.717, 1.165) is 4.90 Å². The highest BCUT2D eigenvalue weighted by molar-refractivity contribution is 8.04. The van der Waals surface area contributed by atoms with Crippen molar-refractivity contribution in [3.8, 4) is 0 Å². The molecule has 0 unspecified atom stereocenters. The van der Waals surface area contributed by atoms with Crippen LogP contribution in [-0.2, 0) is 4.79 Å². The summed E-state index contributed by atoms with van der Waals surface area (Å²) in [6.07, 6.45) is 1.66. The summed E-state index contributed by atoms with van der Waals surface area (Å²) < 4.78 is 12.9. The second kappa shape index (κ2) is 5.65. The third kappa shape index (κ3) is 2.87. The molecular formula is C16H10FNO3S. The minimum atomic E-state index is -1.05. The molecule has 2 N–H and O–H groups in total. The number of rotatable bonds is 2. The number of halogens is 1. The largest absolute Gasteiger partial charge is 0.478 e. The summed E-state index contributed by atoms with van der Waals surface area (Å²) in [5, 5.41) is 11.6. The van der Waals surface area contributed by atoms with Gasteiger partial charge in [-0.1, -0.05) is 23.9 Å². The summed E-state index contributed by atoms with van der Waals surface area (Å²) in [6.45, 7) is 0. The van der Waals surface area contributed by atoms with Crippen LogP contribution in [0.3, 0.4) is 0 Å². The van der Waals surface area contributed by atoms with E-state index < -0.39 is 5.97 Å². The molecule has 1 aliphatic heterocycles. The number of carboxylic acid groups (broad SMARTS) is 1. The summed E-state index contributed by atoms with van der Waals surface area (Å²) in [4.78, 5) is 24.2. The van der Waals surface area contributed by atoms with E-state index in [1.807, 2.05) is 0 Å². The fourth-order valence-corrected chi connectivity index (χ4v) is 2.94. The Morgan fingerprint density at radius 2 is 1.91 bits per heavy atom. The van der Waals surface area contributed by atoms with E-state index in [1.165, 1.54) is 36.0 Å². The van der Waals surface area contributed by atoms with Crippen molar-refractivity contribution in [1.29, 1.82) is 0 Å². The Bertz CT molecular complexity index is 800. The Morgan fingerprint density at radius 1 is 1.18 bits per heavy atom. The summed E-state index contributed by atoms with van der Waals surface area (Å²) in [5.41, 5.74) is 1.31. The minimum Gasteiger partial charge on any atom is -0.478 e. The summed E-state index contributed by atoms with van der Waals surface area (Å²) in [7, 11) is 0. The normalized spacial score (nSPS) is 15.3. The fourth-order valence-electron chi connectivity index (χ4n) is 2.00. The van der Waals surface area contributed by atoms with E-state index in [4.69, 9.17) is 5.11 Å². The number of nitrogens with one attached hydrogen (secondary N) is 1. The molecule has 2 aromatic carbocycles. The number of benzene rings is 2. The van der Waals surface area contributed by atoms with Crippen LogP contribution in [0.15, 0.2) is 52.3 Å². The molecule has 0 saturated carbocycles. The molecule has 0 aliphatic carbocycles. The topological polar surface area (TPSA) is 66.4 Å². The van der Waals surface area contributed by atoms with Crippen molar-refractivity contribution in [2.45, 2.75) is 4.90 Å². The first-order valence-corrected chi connectivity index (χ1v) is 7.18. The number of carboxylic acids is 1. The van der Waals surface area contributed by atoms with Crippen LogP contribution >= 0.6 is 11.8 Å². The number of hydrogen-bond acceptors (Lipinski definition) is 3. The average Bonchev–Trinajstić information content (AvgIpc) is 2.49. The van der Waals surface area contributed by atoms with Gasteiger partial charge < -0.3 is 10.4 Å². The SMILES string of the molecule is O=C1Nc2cc(C(=O)O)ccc2S/C1=C\c1ccc(F)cc1. The standard InChI is InChI=1S/C16H10FNO3S/c17-11-4-1-9(2-5-11)7-14-15(19)18-12-8-10(16(20)21)3-6-13(12)22-14/h1-8H,(H,18,19)(H,20,21)/b14-7-. The quantitative estimate of drug-likeness (QED) is 0.831. The molecule has 6 heteroatoms. The third-order valence-corrected chi connectivity index (χ3v) is 4.19. The maximum Gasteiger partial charge on any atom is 0.335 e. The van der Waals surface area contributed by atoms with Crippen LogP contribution in [-0.4, -0.2) is 17.0 Å². The van der Waals surface area contributed by atoms with Gasteiger partial charge in [0.2, 0.25) is 0 Å². The van der Waals surface area contributed by atoms with Gasteiger partial charge in [-0.15, -0.1) is 0 Å². The number of carbonyl (C=O) groups excluding carboxylic acids is 1. The highest BCUT2D eigenvalue weighted by Gasteiger charge is 2.22. The van der Waals surface area contributed by atoms with Crippen LogP contribution in [0, 0.1) is 5.82 Å². The van der Waals surface area contributed by atoms with Crippen LogP contribution in [0.5, 0.6) is 0 Å². The third-order valence-electron chi connectivity index (χ3n) is 3.09. The molecule has 1 heterocycles. The smallest absolute Gasteiger partial charge is 0.335 e. The van der Waals surface area contributed by atoms with Gasteiger partial charge in [-0.05, 0) is 42.0 Å². The Balaban J connectivity index is 1.93. The molecule has 0 aromatic heterocycles. The first-order valence-electron chi connectivity index (χ1n) is 6.37. The molecule has 0 bridgehead atoms. The number of fused-ring (bicyclic) bond motifs is 1. The molecule has 4 nitrogen and oxygen atoms in total. The zero-order chi connectivity index (χ0) is 15.7. The van der Waals surface area contributed by atoms with E-state index in [2.05, 4.69) is 5.32 Å². The number of aromatic carboxylic acids is 1. The molecule has 2 aromatic rings. The molecule has 110 valence electrons. The number of hydrogen-bond donors (Lipinski definition) is 2. The van der Waals surface area contributed by atoms with Gasteiger partial charge >= 0.3 is 5.97 Å². The Kier molecular flexibility index (Phi) is 3.68. The lowest BCUT2D eigenvalue weighted by Crippen LogP contribution is -2.17. The Hall–Kier alpha value is -2.60. The monoisotopic (exact) mass is 315 g/mol. The van der Waals surface area contributed by atoms with Gasteiger partial charge in [0.05, 0.1) is 16.2 Å². The number of carbonyl (C=O) groups is 2. The average molecular weight is 315 g/mol. The van der Waals surface area contributed by atoms with Gasteiger partial charge in [0.15, 0.2) is 0 Å². The van der Waals surface area contributed by atoms with Crippen LogP contribution in [0.25, 0.3) is 6.08 Å². The maximum absolute atomic E-state index is 12.9. The highest BCUT2D eigenvalue weighted by atomic mass is 32.2. The molecular weight excluding hydrogens is 305 g/mol.